The van der Waals surface area contributed by atoms with E-state index in [9.17, 15) is 0 Å². The molecule has 8 rings (SSSR count). The van der Waals surface area contributed by atoms with E-state index >= 15 is 0 Å². The van der Waals surface area contributed by atoms with Gasteiger partial charge in [-0.2, -0.15) is 10.2 Å². The molecular formula is C48H39N3. The summed E-state index contributed by atoms with van der Waals surface area (Å²) in [7, 11) is 0. The van der Waals surface area contributed by atoms with E-state index in [0.717, 1.165) is 44.9 Å². The monoisotopic (exact) mass is 657 g/mol. The second-order valence-electron chi connectivity index (χ2n) is 13.3. The highest BCUT2D eigenvalue weighted by Crippen LogP contribution is 2.39. The number of hydrazine groups is 1. The second-order valence-corrected chi connectivity index (χ2v) is 13.3. The molecule has 1 N–H and O–H groups in total. The molecule has 0 saturated heterocycles. The Morgan fingerprint density at radius 3 is 1.35 bits per heavy atom. The van der Waals surface area contributed by atoms with Crippen LogP contribution in [0.4, 0.5) is 5.69 Å². The maximum Gasteiger partial charge on any atom is 0.0949 e. The van der Waals surface area contributed by atoms with E-state index in [4.69, 9.17) is 5.10 Å². The van der Waals surface area contributed by atoms with Crippen molar-refractivity contribution in [3.8, 4) is 44.5 Å². The molecule has 0 unspecified atom stereocenters. The third kappa shape index (κ3) is 6.75. The lowest BCUT2D eigenvalue weighted by Crippen LogP contribution is -2.36. The number of hydrogen-bond acceptors (Lipinski definition) is 3. The van der Waals surface area contributed by atoms with Crippen LogP contribution < -0.4 is 10.5 Å². The second kappa shape index (κ2) is 13.8. The van der Waals surface area contributed by atoms with Gasteiger partial charge in [0.15, 0.2) is 0 Å². The first kappa shape index (κ1) is 31.8. The number of aryl methyl sites for hydroxylation is 3. The smallest absolute Gasteiger partial charge is 0.0949 e. The van der Waals surface area contributed by atoms with Crippen LogP contribution in [-0.2, 0) is 0 Å². The van der Waals surface area contributed by atoms with Crippen LogP contribution in [0.2, 0.25) is 0 Å². The fraction of sp³-hybridized carbons (Fsp3) is 0.0625. The highest BCUT2D eigenvalue weighted by molar-refractivity contribution is 6.13. The van der Waals surface area contributed by atoms with Gasteiger partial charge in [-0.3, -0.25) is 5.43 Å². The molecule has 0 spiro atoms. The molecule has 0 bridgehead atoms. The molecule has 1 aliphatic rings. The first-order valence-electron chi connectivity index (χ1n) is 17.5. The third-order valence-electron chi connectivity index (χ3n) is 9.48. The molecule has 0 amide bonds. The standard InChI is InChI=1S/C48H39N3/c1-33-24-34(2)48(35(3)25-33)44-29-43(42-27-40(36-16-8-4-9-17-36)26-41(28-42)37-18-10-5-11-19-37)30-45(31-44)51-49-46(38-20-12-6-13-21-38)32-47(50-51)39-22-14-7-15-23-39/h4-32,49H,1-3H3. The van der Waals surface area contributed by atoms with Crippen molar-refractivity contribution in [3.05, 3.63) is 204 Å². The molecule has 3 heteroatoms. The van der Waals surface area contributed by atoms with Crippen molar-refractivity contribution >= 4 is 17.1 Å². The van der Waals surface area contributed by atoms with Crippen LogP contribution in [0.1, 0.15) is 27.8 Å². The minimum absolute atomic E-state index is 0.889. The van der Waals surface area contributed by atoms with Crippen molar-refractivity contribution in [2.75, 3.05) is 5.12 Å². The lowest BCUT2D eigenvalue weighted by atomic mass is 9.89. The van der Waals surface area contributed by atoms with Gasteiger partial charge in [0, 0.05) is 5.56 Å². The maximum absolute atomic E-state index is 5.22. The molecule has 7 aromatic rings. The van der Waals surface area contributed by atoms with E-state index in [0.29, 0.717) is 0 Å². The van der Waals surface area contributed by atoms with Gasteiger partial charge in [0.25, 0.3) is 0 Å². The minimum Gasteiger partial charge on any atom is -0.277 e. The number of benzene rings is 7. The van der Waals surface area contributed by atoms with E-state index in [2.05, 4.69) is 190 Å². The number of anilines is 1. The van der Waals surface area contributed by atoms with Gasteiger partial charge in [0.05, 0.1) is 17.1 Å². The van der Waals surface area contributed by atoms with E-state index in [1.165, 1.54) is 44.5 Å². The quantitative estimate of drug-likeness (QED) is 0.185. The van der Waals surface area contributed by atoms with Gasteiger partial charge in [0.2, 0.25) is 0 Å². The predicted molar refractivity (Wildman–Crippen MR) is 215 cm³/mol. The number of hydrogen-bond donors (Lipinski definition) is 1. The normalized spacial score (nSPS) is 12.6. The Kier molecular flexibility index (Phi) is 8.61. The van der Waals surface area contributed by atoms with Crippen LogP contribution in [-0.4, -0.2) is 5.71 Å². The summed E-state index contributed by atoms with van der Waals surface area (Å²) in [6, 6.07) is 60.5. The van der Waals surface area contributed by atoms with Gasteiger partial charge >= 0.3 is 0 Å². The van der Waals surface area contributed by atoms with Crippen LogP contribution in [0.25, 0.3) is 50.2 Å². The molecule has 7 aromatic carbocycles. The van der Waals surface area contributed by atoms with Crippen molar-refractivity contribution < 1.29 is 0 Å². The Morgan fingerprint density at radius 2 is 0.824 bits per heavy atom. The lowest BCUT2D eigenvalue weighted by Gasteiger charge is -2.29. The molecule has 0 aromatic heterocycles. The van der Waals surface area contributed by atoms with E-state index < -0.39 is 0 Å². The summed E-state index contributed by atoms with van der Waals surface area (Å²) in [5, 5.41) is 7.16. The maximum atomic E-state index is 5.22. The zero-order valence-electron chi connectivity index (χ0n) is 29.1. The molecule has 0 fully saturated rings. The van der Waals surface area contributed by atoms with Gasteiger partial charge in [-0.25, -0.2) is 0 Å². The Bertz CT molecular complexity index is 2310. The SMILES string of the molecule is Cc1cc(C)c(-c2cc(-c3cc(-c4ccccc4)cc(-c4ccccc4)c3)cc(N3N=C(c4ccccc4)C=C(c4ccccc4)N3)c2)c(C)c1. The number of nitrogens with zero attached hydrogens (tertiary/aromatic N) is 2. The van der Waals surface area contributed by atoms with Gasteiger partial charge in [-0.1, -0.05) is 139 Å². The number of rotatable bonds is 7. The van der Waals surface area contributed by atoms with Gasteiger partial charge < -0.3 is 0 Å². The Morgan fingerprint density at radius 1 is 0.412 bits per heavy atom. The summed E-state index contributed by atoms with van der Waals surface area (Å²) in [6.07, 6.45) is 2.13. The highest BCUT2D eigenvalue weighted by atomic mass is 15.7. The lowest BCUT2D eigenvalue weighted by molar-refractivity contribution is 0.787. The fourth-order valence-corrected chi connectivity index (χ4v) is 7.15. The van der Waals surface area contributed by atoms with E-state index in [1.54, 1.807) is 0 Å². The van der Waals surface area contributed by atoms with E-state index in [-0.39, 0.29) is 0 Å². The Balaban J connectivity index is 1.35. The van der Waals surface area contributed by atoms with Crippen LogP contribution in [0.5, 0.6) is 0 Å². The van der Waals surface area contributed by atoms with Crippen molar-refractivity contribution in [1.82, 2.24) is 5.43 Å². The van der Waals surface area contributed by atoms with Crippen LogP contribution in [0.3, 0.4) is 0 Å². The Labute approximate surface area is 300 Å². The van der Waals surface area contributed by atoms with Gasteiger partial charge in [-0.05, 0) is 124 Å². The van der Waals surface area contributed by atoms with Crippen LogP contribution in [0, 0.1) is 20.8 Å². The molecule has 0 radical (unpaired) electrons. The van der Waals surface area contributed by atoms with Gasteiger partial charge in [-0.15, -0.1) is 0 Å². The number of allylic oxidation sites excluding steroid dienone is 1. The molecule has 1 aliphatic heterocycles. The van der Waals surface area contributed by atoms with Crippen molar-refractivity contribution in [3.63, 3.8) is 0 Å². The summed E-state index contributed by atoms with van der Waals surface area (Å²) in [4.78, 5) is 0. The van der Waals surface area contributed by atoms with Crippen molar-refractivity contribution in [1.29, 1.82) is 0 Å². The van der Waals surface area contributed by atoms with Crippen LogP contribution >= 0.6 is 0 Å². The summed E-state index contributed by atoms with van der Waals surface area (Å²) in [5.74, 6) is 0. The van der Waals surface area contributed by atoms with Crippen molar-refractivity contribution in [2.24, 2.45) is 5.10 Å². The molecule has 1 heterocycles. The van der Waals surface area contributed by atoms with Crippen LogP contribution in [0.15, 0.2) is 181 Å². The first-order chi connectivity index (χ1) is 25.0. The summed E-state index contributed by atoms with van der Waals surface area (Å²) < 4.78 is 0. The fourth-order valence-electron chi connectivity index (χ4n) is 7.15. The summed E-state index contributed by atoms with van der Waals surface area (Å²) in [5.41, 5.74) is 21.8. The molecule has 246 valence electrons. The Hall–Kier alpha value is -6.45. The minimum atomic E-state index is 0.889. The molecule has 0 aliphatic carbocycles. The number of hydrazone groups is 1. The summed E-state index contributed by atoms with van der Waals surface area (Å²) >= 11 is 0. The third-order valence-corrected chi connectivity index (χ3v) is 9.48. The number of nitrogens with one attached hydrogen (secondary N) is 1. The molecule has 0 saturated carbocycles. The van der Waals surface area contributed by atoms with Gasteiger partial charge in [0.1, 0.15) is 0 Å². The molecule has 51 heavy (non-hydrogen) atoms. The average Bonchev–Trinajstić information content (AvgIpc) is 3.18. The zero-order chi connectivity index (χ0) is 34.7. The molecular weight excluding hydrogens is 619 g/mol. The molecule has 0 atom stereocenters. The molecule has 3 nitrogen and oxygen atoms in total. The highest BCUT2D eigenvalue weighted by Gasteiger charge is 2.20. The zero-order valence-corrected chi connectivity index (χ0v) is 29.1. The average molecular weight is 658 g/mol. The summed E-state index contributed by atoms with van der Waals surface area (Å²) in [6.45, 7) is 6.60. The topological polar surface area (TPSA) is 27.6 Å². The largest absolute Gasteiger partial charge is 0.277 e. The predicted octanol–water partition coefficient (Wildman–Crippen LogP) is 12.0. The van der Waals surface area contributed by atoms with Crippen molar-refractivity contribution in [2.45, 2.75) is 20.8 Å². The van der Waals surface area contributed by atoms with E-state index in [1.807, 2.05) is 17.3 Å². The first-order valence-corrected chi connectivity index (χ1v) is 17.5.